The van der Waals surface area contributed by atoms with Crippen molar-refractivity contribution in [3.8, 4) is 5.75 Å². The summed E-state index contributed by atoms with van der Waals surface area (Å²) in [5.41, 5.74) is 8.48. The van der Waals surface area contributed by atoms with E-state index >= 15 is 0 Å². The van der Waals surface area contributed by atoms with Crippen molar-refractivity contribution in [1.82, 2.24) is 0 Å². The monoisotopic (exact) mass is 247 g/mol. The van der Waals surface area contributed by atoms with E-state index in [0.717, 1.165) is 16.9 Å². The maximum atomic E-state index is 10.0. The molecular formula is C15H21NO2. The van der Waals surface area contributed by atoms with Gasteiger partial charge in [0.2, 0.25) is 0 Å². The molecule has 0 aromatic heterocycles. The number of benzene rings is 1. The Morgan fingerprint density at radius 1 is 1.33 bits per heavy atom. The van der Waals surface area contributed by atoms with Crippen LogP contribution >= 0.6 is 0 Å². The quantitative estimate of drug-likeness (QED) is 0.844. The van der Waals surface area contributed by atoms with Gasteiger partial charge in [-0.2, -0.15) is 0 Å². The van der Waals surface area contributed by atoms with Crippen molar-refractivity contribution in [3.05, 3.63) is 35.4 Å². The van der Waals surface area contributed by atoms with Crippen LogP contribution in [0.25, 0.3) is 5.57 Å². The molecule has 0 fully saturated rings. The van der Waals surface area contributed by atoms with E-state index in [1.807, 2.05) is 32.0 Å². The summed E-state index contributed by atoms with van der Waals surface area (Å²) in [6.07, 6.45) is 1.45. The van der Waals surface area contributed by atoms with Gasteiger partial charge in [-0.3, -0.25) is 0 Å². The van der Waals surface area contributed by atoms with Gasteiger partial charge in [0.1, 0.15) is 11.4 Å². The van der Waals surface area contributed by atoms with Crippen LogP contribution in [0.4, 0.5) is 0 Å². The number of nitrogens with two attached hydrogens (primary N) is 1. The van der Waals surface area contributed by atoms with Crippen LogP contribution in [0.1, 0.15) is 44.9 Å². The second-order valence-corrected chi connectivity index (χ2v) is 5.59. The standard InChI is InChI=1S/C15H21NO2/c1-9-8-15(3,4)18-13-6-5-11(7-12(9)13)14(17)10(2)16/h5-8,10,14,17H,16H2,1-4H3. The van der Waals surface area contributed by atoms with Gasteiger partial charge in [0.05, 0.1) is 6.10 Å². The molecule has 1 aromatic carbocycles. The summed E-state index contributed by atoms with van der Waals surface area (Å²) in [5.74, 6) is 0.862. The molecule has 3 nitrogen and oxygen atoms in total. The zero-order chi connectivity index (χ0) is 13.5. The third-order valence-corrected chi connectivity index (χ3v) is 3.21. The summed E-state index contributed by atoms with van der Waals surface area (Å²) in [7, 11) is 0. The van der Waals surface area contributed by atoms with E-state index in [4.69, 9.17) is 10.5 Å². The van der Waals surface area contributed by atoms with E-state index in [1.165, 1.54) is 5.57 Å². The highest BCUT2D eigenvalue weighted by Crippen LogP contribution is 2.37. The summed E-state index contributed by atoms with van der Waals surface area (Å²) < 4.78 is 5.90. The fourth-order valence-electron chi connectivity index (χ4n) is 2.34. The van der Waals surface area contributed by atoms with Gasteiger partial charge < -0.3 is 15.6 Å². The van der Waals surface area contributed by atoms with Crippen LogP contribution in [0.5, 0.6) is 5.75 Å². The second-order valence-electron chi connectivity index (χ2n) is 5.59. The normalized spacial score (nSPS) is 20.4. The van der Waals surface area contributed by atoms with Crippen molar-refractivity contribution in [2.75, 3.05) is 0 Å². The molecule has 1 aromatic rings. The Hall–Kier alpha value is -1.32. The molecular weight excluding hydrogens is 226 g/mol. The molecule has 0 saturated carbocycles. The van der Waals surface area contributed by atoms with Gasteiger partial charge in [0.25, 0.3) is 0 Å². The summed E-state index contributed by atoms with van der Waals surface area (Å²) in [4.78, 5) is 0. The highest BCUT2D eigenvalue weighted by Gasteiger charge is 2.25. The molecule has 2 unspecified atom stereocenters. The summed E-state index contributed by atoms with van der Waals surface area (Å²) >= 11 is 0. The smallest absolute Gasteiger partial charge is 0.128 e. The zero-order valence-corrected chi connectivity index (χ0v) is 11.4. The molecule has 98 valence electrons. The number of allylic oxidation sites excluding steroid dienone is 1. The Morgan fingerprint density at radius 3 is 2.61 bits per heavy atom. The van der Waals surface area contributed by atoms with Crippen molar-refractivity contribution < 1.29 is 9.84 Å². The largest absolute Gasteiger partial charge is 0.483 e. The van der Waals surface area contributed by atoms with Crippen LogP contribution in [0.15, 0.2) is 24.3 Å². The first kappa shape index (κ1) is 13.1. The molecule has 2 rings (SSSR count). The Labute approximate surface area is 108 Å². The molecule has 0 bridgehead atoms. The van der Waals surface area contributed by atoms with Gasteiger partial charge in [-0.05, 0) is 57.0 Å². The molecule has 3 heteroatoms. The van der Waals surface area contributed by atoms with Crippen molar-refractivity contribution in [2.45, 2.75) is 45.4 Å². The lowest BCUT2D eigenvalue weighted by atomic mass is 9.92. The Balaban J connectivity index is 2.43. The molecule has 0 aliphatic carbocycles. The minimum absolute atomic E-state index is 0.279. The van der Waals surface area contributed by atoms with E-state index in [0.29, 0.717) is 0 Å². The SMILES string of the molecule is CC1=CC(C)(C)Oc2ccc(C(O)C(C)N)cc21. The predicted octanol–water partition coefficient (Wildman–Crippen LogP) is 2.64. The second kappa shape index (κ2) is 4.41. The van der Waals surface area contributed by atoms with Crippen LogP contribution in [0, 0.1) is 0 Å². The predicted molar refractivity (Wildman–Crippen MR) is 73.4 cm³/mol. The molecule has 3 N–H and O–H groups in total. The first-order chi connectivity index (χ1) is 8.30. The van der Waals surface area contributed by atoms with Crippen LogP contribution in [-0.4, -0.2) is 16.7 Å². The average Bonchev–Trinajstić information content (AvgIpc) is 2.26. The van der Waals surface area contributed by atoms with Gasteiger partial charge >= 0.3 is 0 Å². The first-order valence-electron chi connectivity index (χ1n) is 6.26. The minimum atomic E-state index is -0.641. The zero-order valence-electron chi connectivity index (χ0n) is 11.4. The first-order valence-corrected chi connectivity index (χ1v) is 6.26. The van der Waals surface area contributed by atoms with Crippen molar-refractivity contribution in [3.63, 3.8) is 0 Å². The summed E-state index contributed by atoms with van der Waals surface area (Å²) in [5, 5.41) is 10.0. The van der Waals surface area contributed by atoms with Crippen LogP contribution in [-0.2, 0) is 0 Å². The van der Waals surface area contributed by atoms with Gasteiger partial charge in [-0.1, -0.05) is 6.07 Å². The molecule has 18 heavy (non-hydrogen) atoms. The highest BCUT2D eigenvalue weighted by atomic mass is 16.5. The van der Waals surface area contributed by atoms with E-state index in [2.05, 4.69) is 13.0 Å². The lowest BCUT2D eigenvalue weighted by molar-refractivity contribution is 0.150. The van der Waals surface area contributed by atoms with E-state index in [9.17, 15) is 5.11 Å². The average molecular weight is 247 g/mol. The van der Waals surface area contributed by atoms with Crippen LogP contribution < -0.4 is 10.5 Å². The number of hydrogen-bond donors (Lipinski definition) is 2. The number of aliphatic hydroxyl groups is 1. The van der Waals surface area contributed by atoms with E-state index < -0.39 is 6.10 Å². The number of hydrogen-bond acceptors (Lipinski definition) is 3. The van der Waals surface area contributed by atoms with Gasteiger partial charge in [-0.15, -0.1) is 0 Å². The van der Waals surface area contributed by atoms with Crippen molar-refractivity contribution >= 4 is 5.57 Å². The van der Waals surface area contributed by atoms with E-state index in [-0.39, 0.29) is 11.6 Å². The van der Waals surface area contributed by atoms with Crippen molar-refractivity contribution in [1.29, 1.82) is 0 Å². The van der Waals surface area contributed by atoms with Gasteiger partial charge in [-0.25, -0.2) is 0 Å². The molecule has 0 radical (unpaired) electrons. The van der Waals surface area contributed by atoms with E-state index in [1.54, 1.807) is 6.92 Å². The number of fused-ring (bicyclic) bond motifs is 1. The molecule has 1 aliphatic rings. The third kappa shape index (κ3) is 2.42. The number of ether oxygens (including phenoxy) is 1. The lowest BCUT2D eigenvalue weighted by Gasteiger charge is -2.31. The molecule has 0 saturated heterocycles. The fraction of sp³-hybridized carbons (Fsp3) is 0.467. The molecule has 1 heterocycles. The van der Waals surface area contributed by atoms with Crippen molar-refractivity contribution in [2.24, 2.45) is 5.73 Å². The third-order valence-electron chi connectivity index (χ3n) is 3.21. The molecule has 0 spiro atoms. The number of rotatable bonds is 2. The van der Waals surface area contributed by atoms with Crippen LogP contribution in [0.3, 0.4) is 0 Å². The molecule has 0 amide bonds. The number of aliphatic hydroxyl groups excluding tert-OH is 1. The highest BCUT2D eigenvalue weighted by molar-refractivity contribution is 5.72. The Bertz CT molecular complexity index is 489. The lowest BCUT2D eigenvalue weighted by Crippen LogP contribution is -2.29. The summed E-state index contributed by atoms with van der Waals surface area (Å²) in [6, 6.07) is 5.47. The topological polar surface area (TPSA) is 55.5 Å². The van der Waals surface area contributed by atoms with Gasteiger partial charge in [0.15, 0.2) is 0 Å². The molecule has 1 aliphatic heterocycles. The fourth-order valence-corrected chi connectivity index (χ4v) is 2.34. The summed E-state index contributed by atoms with van der Waals surface area (Å²) in [6.45, 7) is 7.92. The minimum Gasteiger partial charge on any atom is -0.483 e. The Morgan fingerprint density at radius 2 is 2.00 bits per heavy atom. The Kier molecular flexibility index (Phi) is 3.21. The van der Waals surface area contributed by atoms with Gasteiger partial charge in [0, 0.05) is 11.6 Å². The molecule has 2 atom stereocenters. The maximum absolute atomic E-state index is 10.0. The maximum Gasteiger partial charge on any atom is 0.128 e. The van der Waals surface area contributed by atoms with Crippen LogP contribution in [0.2, 0.25) is 0 Å².